The Morgan fingerprint density at radius 3 is 2.68 bits per heavy atom. The van der Waals surface area contributed by atoms with E-state index in [0.29, 0.717) is 23.1 Å². The van der Waals surface area contributed by atoms with Crippen molar-refractivity contribution in [1.29, 1.82) is 0 Å². The van der Waals surface area contributed by atoms with Crippen molar-refractivity contribution in [3.8, 4) is 0 Å². The second-order valence-electron chi connectivity index (χ2n) is 5.66. The molecule has 5 nitrogen and oxygen atoms in total. The van der Waals surface area contributed by atoms with Gasteiger partial charge in [0.25, 0.3) is 5.56 Å². The fraction of sp³-hybridized carbons (Fsp3) is 0.105. The third-order valence-electron chi connectivity index (χ3n) is 3.81. The molecule has 0 radical (unpaired) electrons. The Morgan fingerprint density at radius 2 is 1.96 bits per heavy atom. The van der Waals surface area contributed by atoms with Crippen LogP contribution in [0.5, 0.6) is 0 Å². The van der Waals surface area contributed by atoms with E-state index in [1.165, 1.54) is 29.0 Å². The number of carboxylic acids is 1. The zero-order chi connectivity index (χ0) is 17.8. The largest absolute Gasteiger partial charge is 0.478 e. The lowest BCUT2D eigenvalue weighted by Crippen LogP contribution is -2.18. The highest BCUT2D eigenvalue weighted by Gasteiger charge is 2.08. The van der Waals surface area contributed by atoms with Crippen LogP contribution in [0.25, 0.3) is 0 Å². The lowest BCUT2D eigenvalue weighted by Gasteiger charge is -2.09. The summed E-state index contributed by atoms with van der Waals surface area (Å²) >= 11 is 0. The van der Waals surface area contributed by atoms with E-state index in [0.717, 1.165) is 0 Å². The van der Waals surface area contributed by atoms with Crippen LogP contribution in [0.15, 0.2) is 65.8 Å². The molecule has 3 aromatic rings. The summed E-state index contributed by atoms with van der Waals surface area (Å²) in [5.74, 6) is -1.46. The molecule has 0 unspecified atom stereocenters. The molecule has 2 aromatic heterocycles. The molecule has 0 aliphatic carbocycles. The van der Waals surface area contributed by atoms with Crippen LogP contribution >= 0.6 is 0 Å². The van der Waals surface area contributed by atoms with Crippen molar-refractivity contribution >= 4 is 5.97 Å². The summed E-state index contributed by atoms with van der Waals surface area (Å²) in [5, 5.41) is 8.99. The van der Waals surface area contributed by atoms with Crippen molar-refractivity contribution in [2.24, 2.45) is 0 Å². The van der Waals surface area contributed by atoms with Crippen LogP contribution in [-0.4, -0.2) is 20.6 Å². The number of benzene rings is 1. The fourth-order valence-corrected chi connectivity index (χ4v) is 2.54. The Balaban J connectivity index is 1.80. The molecule has 3 rings (SSSR count). The van der Waals surface area contributed by atoms with Crippen molar-refractivity contribution in [1.82, 2.24) is 9.55 Å². The molecule has 1 N–H and O–H groups in total. The van der Waals surface area contributed by atoms with Gasteiger partial charge in [-0.05, 0) is 35.7 Å². The molecule has 0 saturated heterocycles. The normalized spacial score (nSPS) is 10.6. The minimum absolute atomic E-state index is 0.0954. The predicted molar refractivity (Wildman–Crippen MR) is 90.2 cm³/mol. The number of aromatic nitrogens is 2. The number of hydrogen-bond donors (Lipinski definition) is 1. The number of aromatic carboxylic acids is 1. The van der Waals surface area contributed by atoms with Gasteiger partial charge in [0.05, 0.1) is 12.1 Å². The number of rotatable bonds is 5. The van der Waals surface area contributed by atoms with Gasteiger partial charge in [0, 0.05) is 30.2 Å². The standard InChI is InChI=1S/C19H15FN2O3/c20-17-9-13(7-14-8-16(19(24)25)11-21-10-14)4-5-15(17)12-22-6-2-1-3-18(22)23/h1-6,8-11H,7,12H2,(H,24,25). The Bertz CT molecular complexity index is 982. The average molecular weight is 338 g/mol. The highest BCUT2D eigenvalue weighted by Crippen LogP contribution is 2.15. The number of halogens is 1. The Labute approximate surface area is 143 Å². The zero-order valence-electron chi connectivity index (χ0n) is 13.2. The first-order chi connectivity index (χ1) is 12.0. The molecule has 0 aliphatic heterocycles. The van der Waals surface area contributed by atoms with Crippen LogP contribution in [0.2, 0.25) is 0 Å². The average Bonchev–Trinajstić information content (AvgIpc) is 2.59. The van der Waals surface area contributed by atoms with E-state index >= 15 is 0 Å². The molecule has 2 heterocycles. The summed E-state index contributed by atoms with van der Waals surface area (Å²) in [6.45, 7) is 0.155. The second-order valence-corrected chi connectivity index (χ2v) is 5.66. The second kappa shape index (κ2) is 7.09. The van der Waals surface area contributed by atoms with Gasteiger partial charge in [0.15, 0.2) is 0 Å². The summed E-state index contributed by atoms with van der Waals surface area (Å²) in [6.07, 6.45) is 4.81. The molecular formula is C19H15FN2O3. The molecule has 0 spiro atoms. The summed E-state index contributed by atoms with van der Waals surface area (Å²) in [6, 6.07) is 11.1. The monoisotopic (exact) mass is 338 g/mol. The fourth-order valence-electron chi connectivity index (χ4n) is 2.54. The quantitative estimate of drug-likeness (QED) is 0.776. The van der Waals surface area contributed by atoms with E-state index in [4.69, 9.17) is 5.11 Å². The first-order valence-electron chi connectivity index (χ1n) is 7.63. The molecular weight excluding hydrogens is 323 g/mol. The predicted octanol–water partition coefficient (Wildman–Crippen LogP) is 2.72. The van der Waals surface area contributed by atoms with Crippen molar-refractivity contribution in [3.63, 3.8) is 0 Å². The van der Waals surface area contributed by atoms with E-state index in [1.54, 1.807) is 36.7 Å². The lowest BCUT2D eigenvalue weighted by atomic mass is 10.0. The number of pyridine rings is 2. The smallest absolute Gasteiger partial charge is 0.337 e. The van der Waals surface area contributed by atoms with Gasteiger partial charge >= 0.3 is 5.97 Å². The van der Waals surface area contributed by atoms with Crippen LogP contribution in [0, 0.1) is 5.82 Å². The highest BCUT2D eigenvalue weighted by atomic mass is 19.1. The Hall–Kier alpha value is -3.28. The third-order valence-corrected chi connectivity index (χ3v) is 3.81. The van der Waals surface area contributed by atoms with E-state index in [2.05, 4.69) is 4.98 Å². The molecule has 0 atom stereocenters. The van der Waals surface area contributed by atoms with E-state index < -0.39 is 11.8 Å². The molecule has 0 amide bonds. The van der Waals surface area contributed by atoms with E-state index in [9.17, 15) is 14.0 Å². The lowest BCUT2D eigenvalue weighted by molar-refractivity contribution is 0.0696. The molecule has 1 aromatic carbocycles. The Kier molecular flexibility index (Phi) is 4.70. The molecule has 25 heavy (non-hydrogen) atoms. The van der Waals surface area contributed by atoms with Gasteiger partial charge in [0.2, 0.25) is 0 Å². The van der Waals surface area contributed by atoms with Gasteiger partial charge in [-0.2, -0.15) is 0 Å². The summed E-state index contributed by atoms with van der Waals surface area (Å²) in [7, 11) is 0. The Morgan fingerprint density at radius 1 is 1.12 bits per heavy atom. The van der Waals surface area contributed by atoms with Crippen molar-refractivity contribution < 1.29 is 14.3 Å². The van der Waals surface area contributed by atoms with Crippen molar-refractivity contribution in [2.75, 3.05) is 0 Å². The summed E-state index contributed by atoms with van der Waals surface area (Å²) in [4.78, 5) is 26.6. The number of carboxylic acid groups (broad SMARTS) is 1. The maximum absolute atomic E-state index is 14.4. The minimum atomic E-state index is -1.05. The highest BCUT2D eigenvalue weighted by molar-refractivity contribution is 5.87. The van der Waals surface area contributed by atoms with Crippen LogP contribution in [0.3, 0.4) is 0 Å². The van der Waals surface area contributed by atoms with Crippen molar-refractivity contribution in [3.05, 3.63) is 99.5 Å². The van der Waals surface area contributed by atoms with E-state index in [-0.39, 0.29) is 17.7 Å². The molecule has 0 bridgehead atoms. The van der Waals surface area contributed by atoms with Crippen LogP contribution in [-0.2, 0) is 13.0 Å². The van der Waals surface area contributed by atoms with Gasteiger partial charge in [-0.3, -0.25) is 9.78 Å². The molecule has 0 fully saturated rings. The number of nitrogens with zero attached hydrogens (tertiary/aromatic N) is 2. The van der Waals surface area contributed by atoms with Crippen LogP contribution in [0.1, 0.15) is 27.0 Å². The zero-order valence-corrected chi connectivity index (χ0v) is 13.2. The van der Waals surface area contributed by atoms with Gasteiger partial charge in [-0.25, -0.2) is 9.18 Å². The number of hydrogen-bond acceptors (Lipinski definition) is 3. The van der Waals surface area contributed by atoms with E-state index in [1.807, 2.05) is 0 Å². The number of carbonyl (C=O) groups is 1. The molecule has 0 saturated carbocycles. The minimum Gasteiger partial charge on any atom is -0.478 e. The van der Waals surface area contributed by atoms with Gasteiger partial charge in [0.1, 0.15) is 5.82 Å². The first kappa shape index (κ1) is 16.6. The molecule has 0 aliphatic rings. The molecule has 6 heteroatoms. The SMILES string of the molecule is O=C(O)c1cncc(Cc2ccc(Cn3ccccc3=O)c(F)c2)c1. The maximum atomic E-state index is 14.4. The molecule has 126 valence electrons. The van der Waals surface area contributed by atoms with Crippen LogP contribution < -0.4 is 5.56 Å². The maximum Gasteiger partial charge on any atom is 0.337 e. The van der Waals surface area contributed by atoms with Gasteiger partial charge < -0.3 is 9.67 Å². The van der Waals surface area contributed by atoms with Crippen LogP contribution in [0.4, 0.5) is 4.39 Å². The topological polar surface area (TPSA) is 72.2 Å². The first-order valence-corrected chi connectivity index (χ1v) is 7.63. The third kappa shape index (κ3) is 3.98. The summed E-state index contributed by atoms with van der Waals surface area (Å²) < 4.78 is 15.8. The van der Waals surface area contributed by atoms with Gasteiger partial charge in [-0.15, -0.1) is 0 Å². The van der Waals surface area contributed by atoms with Crippen molar-refractivity contribution in [2.45, 2.75) is 13.0 Å². The summed E-state index contributed by atoms with van der Waals surface area (Å²) in [5.41, 5.74) is 1.70. The van der Waals surface area contributed by atoms with Gasteiger partial charge in [-0.1, -0.05) is 18.2 Å².